The van der Waals surface area contributed by atoms with E-state index in [0.717, 1.165) is 26.2 Å². The maximum atomic E-state index is 11.6. The van der Waals surface area contributed by atoms with E-state index in [1.54, 1.807) is 6.92 Å². The number of nitrogens with two attached hydrogens (primary N) is 1. The van der Waals surface area contributed by atoms with Crippen molar-refractivity contribution in [2.24, 2.45) is 5.73 Å². The number of nitrogens with zero attached hydrogens (tertiary/aromatic N) is 2. The molecule has 1 amide bonds. The summed E-state index contributed by atoms with van der Waals surface area (Å²) in [6.45, 7) is 9.80. The molecule has 4 nitrogen and oxygen atoms in total. The molecule has 0 aromatic carbocycles. The summed E-state index contributed by atoms with van der Waals surface area (Å²) in [6.07, 6.45) is 1.17. The van der Waals surface area contributed by atoms with Crippen molar-refractivity contribution in [1.29, 1.82) is 0 Å². The number of carbonyl (C=O) groups is 1. The Balaban J connectivity index is 2.39. The summed E-state index contributed by atoms with van der Waals surface area (Å²) < 4.78 is 0. The monoisotopic (exact) mass is 213 g/mol. The quantitative estimate of drug-likeness (QED) is 0.732. The second-order valence-electron chi connectivity index (χ2n) is 4.41. The second-order valence-corrected chi connectivity index (χ2v) is 4.41. The Labute approximate surface area is 92.4 Å². The maximum absolute atomic E-state index is 11.6. The highest BCUT2D eigenvalue weighted by molar-refractivity contribution is 5.81. The Morgan fingerprint density at radius 2 is 1.80 bits per heavy atom. The molecule has 1 fully saturated rings. The molecule has 1 aliphatic rings. The number of amides is 1. The minimum Gasteiger partial charge on any atom is -0.339 e. The Kier molecular flexibility index (Phi) is 4.54. The average molecular weight is 213 g/mol. The molecule has 0 aromatic rings. The van der Waals surface area contributed by atoms with Crippen LogP contribution in [0.25, 0.3) is 0 Å². The van der Waals surface area contributed by atoms with Gasteiger partial charge in [-0.05, 0) is 20.3 Å². The Morgan fingerprint density at radius 3 is 2.20 bits per heavy atom. The van der Waals surface area contributed by atoms with Gasteiger partial charge in [-0.25, -0.2) is 0 Å². The molecule has 0 saturated carbocycles. The molecule has 1 aliphatic heterocycles. The molecular formula is C11H23N3O. The van der Waals surface area contributed by atoms with E-state index < -0.39 is 0 Å². The van der Waals surface area contributed by atoms with Crippen LogP contribution in [0.5, 0.6) is 0 Å². The summed E-state index contributed by atoms with van der Waals surface area (Å²) in [5.74, 6) is 0.0822. The molecule has 1 saturated heterocycles. The van der Waals surface area contributed by atoms with Gasteiger partial charge < -0.3 is 10.6 Å². The number of carbonyl (C=O) groups excluding carboxylic acids is 1. The third-order valence-corrected chi connectivity index (χ3v) is 3.23. The highest BCUT2D eigenvalue weighted by atomic mass is 16.2. The number of hydrogen-bond acceptors (Lipinski definition) is 3. The van der Waals surface area contributed by atoms with Crippen LogP contribution < -0.4 is 5.73 Å². The SMILES string of the molecule is CCC(C)N1CCN(C(=O)[C@H](C)N)CC1. The van der Waals surface area contributed by atoms with E-state index in [1.807, 2.05) is 4.90 Å². The Hall–Kier alpha value is -0.610. The zero-order valence-electron chi connectivity index (χ0n) is 10.1. The summed E-state index contributed by atoms with van der Waals surface area (Å²) in [4.78, 5) is 15.9. The zero-order valence-corrected chi connectivity index (χ0v) is 10.1. The van der Waals surface area contributed by atoms with Gasteiger partial charge in [0.2, 0.25) is 5.91 Å². The van der Waals surface area contributed by atoms with Crippen LogP contribution in [0.15, 0.2) is 0 Å². The lowest BCUT2D eigenvalue weighted by atomic mass is 10.2. The van der Waals surface area contributed by atoms with Crippen molar-refractivity contribution < 1.29 is 4.79 Å². The molecule has 4 heteroatoms. The van der Waals surface area contributed by atoms with Gasteiger partial charge in [-0.15, -0.1) is 0 Å². The first-order chi connectivity index (χ1) is 7.06. The summed E-state index contributed by atoms with van der Waals surface area (Å²) in [7, 11) is 0. The van der Waals surface area contributed by atoms with Gasteiger partial charge in [-0.2, -0.15) is 0 Å². The van der Waals surface area contributed by atoms with Gasteiger partial charge in [-0.3, -0.25) is 9.69 Å². The molecule has 2 N–H and O–H groups in total. The van der Waals surface area contributed by atoms with Crippen molar-refractivity contribution >= 4 is 5.91 Å². The molecule has 1 heterocycles. The topological polar surface area (TPSA) is 49.6 Å². The standard InChI is InChI=1S/C11H23N3O/c1-4-9(2)13-5-7-14(8-6-13)11(15)10(3)12/h9-10H,4-8,12H2,1-3H3/t9?,10-/m0/s1. The minimum atomic E-state index is -0.361. The third-order valence-electron chi connectivity index (χ3n) is 3.23. The first-order valence-corrected chi connectivity index (χ1v) is 5.84. The van der Waals surface area contributed by atoms with Gasteiger partial charge in [-0.1, -0.05) is 6.92 Å². The van der Waals surface area contributed by atoms with Crippen molar-refractivity contribution in [1.82, 2.24) is 9.80 Å². The molecule has 15 heavy (non-hydrogen) atoms. The summed E-state index contributed by atoms with van der Waals surface area (Å²) in [5, 5.41) is 0. The van der Waals surface area contributed by atoms with Crippen LogP contribution in [-0.4, -0.2) is 54.0 Å². The largest absolute Gasteiger partial charge is 0.339 e. The van der Waals surface area contributed by atoms with Crippen molar-refractivity contribution in [3.05, 3.63) is 0 Å². The molecule has 0 bridgehead atoms. The van der Waals surface area contributed by atoms with Crippen LogP contribution >= 0.6 is 0 Å². The van der Waals surface area contributed by atoms with Crippen LogP contribution in [0, 0.1) is 0 Å². The highest BCUT2D eigenvalue weighted by Crippen LogP contribution is 2.09. The van der Waals surface area contributed by atoms with Crippen LogP contribution in [0.2, 0.25) is 0 Å². The van der Waals surface area contributed by atoms with Crippen molar-refractivity contribution in [2.75, 3.05) is 26.2 Å². The molecule has 0 radical (unpaired) electrons. The van der Waals surface area contributed by atoms with Crippen molar-refractivity contribution in [3.63, 3.8) is 0 Å². The molecule has 0 spiro atoms. The van der Waals surface area contributed by atoms with Crippen molar-refractivity contribution in [3.8, 4) is 0 Å². The van der Waals surface area contributed by atoms with Gasteiger partial charge in [0.25, 0.3) is 0 Å². The van der Waals surface area contributed by atoms with Gasteiger partial charge in [0, 0.05) is 32.2 Å². The van der Waals surface area contributed by atoms with Gasteiger partial charge in [0.05, 0.1) is 6.04 Å². The van der Waals surface area contributed by atoms with Crippen LogP contribution in [0.1, 0.15) is 27.2 Å². The van der Waals surface area contributed by atoms with Gasteiger partial charge >= 0.3 is 0 Å². The molecule has 1 unspecified atom stereocenters. The lowest BCUT2D eigenvalue weighted by Crippen LogP contribution is -2.54. The lowest BCUT2D eigenvalue weighted by molar-refractivity contribution is -0.134. The summed E-state index contributed by atoms with van der Waals surface area (Å²) in [5.41, 5.74) is 5.58. The predicted molar refractivity (Wildman–Crippen MR) is 61.6 cm³/mol. The predicted octanol–water partition coefficient (Wildman–Crippen LogP) is 0.276. The van der Waals surface area contributed by atoms with Crippen LogP contribution in [-0.2, 0) is 4.79 Å². The third kappa shape index (κ3) is 3.18. The molecule has 1 rings (SSSR count). The number of hydrogen-bond donors (Lipinski definition) is 1. The van der Waals surface area contributed by atoms with E-state index in [-0.39, 0.29) is 11.9 Å². The maximum Gasteiger partial charge on any atom is 0.239 e. The Bertz CT molecular complexity index is 210. The minimum absolute atomic E-state index is 0.0822. The summed E-state index contributed by atoms with van der Waals surface area (Å²) in [6, 6.07) is 0.262. The molecule has 88 valence electrons. The van der Waals surface area contributed by atoms with Gasteiger partial charge in [0.1, 0.15) is 0 Å². The van der Waals surface area contributed by atoms with E-state index in [4.69, 9.17) is 5.73 Å². The van der Waals surface area contributed by atoms with E-state index in [2.05, 4.69) is 18.7 Å². The molecule has 2 atom stereocenters. The second kappa shape index (κ2) is 5.47. The van der Waals surface area contributed by atoms with Crippen LogP contribution in [0.4, 0.5) is 0 Å². The lowest BCUT2D eigenvalue weighted by Gasteiger charge is -2.38. The highest BCUT2D eigenvalue weighted by Gasteiger charge is 2.24. The average Bonchev–Trinajstić information content (AvgIpc) is 2.27. The fourth-order valence-electron chi connectivity index (χ4n) is 1.93. The van der Waals surface area contributed by atoms with E-state index in [9.17, 15) is 4.79 Å². The first-order valence-electron chi connectivity index (χ1n) is 5.84. The van der Waals surface area contributed by atoms with E-state index in [1.165, 1.54) is 6.42 Å². The zero-order chi connectivity index (χ0) is 11.4. The number of rotatable bonds is 3. The fraction of sp³-hybridized carbons (Fsp3) is 0.909. The fourth-order valence-corrected chi connectivity index (χ4v) is 1.93. The molecular weight excluding hydrogens is 190 g/mol. The summed E-state index contributed by atoms with van der Waals surface area (Å²) >= 11 is 0. The first kappa shape index (κ1) is 12.5. The van der Waals surface area contributed by atoms with Crippen LogP contribution in [0.3, 0.4) is 0 Å². The Morgan fingerprint density at radius 1 is 1.27 bits per heavy atom. The van der Waals surface area contributed by atoms with E-state index >= 15 is 0 Å². The smallest absolute Gasteiger partial charge is 0.239 e. The number of piperazine rings is 1. The van der Waals surface area contributed by atoms with Crippen molar-refractivity contribution in [2.45, 2.75) is 39.3 Å². The van der Waals surface area contributed by atoms with E-state index in [0.29, 0.717) is 6.04 Å². The normalized spacial score (nSPS) is 22.5. The molecule has 0 aliphatic carbocycles. The van der Waals surface area contributed by atoms with Gasteiger partial charge in [0.15, 0.2) is 0 Å². The molecule has 0 aromatic heterocycles.